The van der Waals surface area contributed by atoms with Crippen LogP contribution in [0.4, 0.5) is 4.79 Å². The first-order valence-electron chi connectivity index (χ1n) is 7.17. The highest BCUT2D eigenvalue weighted by molar-refractivity contribution is 6.07. The van der Waals surface area contributed by atoms with Crippen molar-refractivity contribution in [2.24, 2.45) is 5.92 Å². The van der Waals surface area contributed by atoms with E-state index in [1.54, 1.807) is 6.92 Å². The Kier molecular flexibility index (Phi) is 4.00. The summed E-state index contributed by atoms with van der Waals surface area (Å²) >= 11 is 0. The number of carbonyl (C=O) groups excluding carboxylic acids is 2. The van der Waals surface area contributed by atoms with Gasteiger partial charge >= 0.3 is 6.03 Å². The molecule has 2 rings (SSSR count). The predicted octanol–water partition coefficient (Wildman–Crippen LogP) is 0.941. The second-order valence-electron chi connectivity index (χ2n) is 6.09. The number of nitrogens with one attached hydrogen (secondary N) is 1. The number of amides is 3. The van der Waals surface area contributed by atoms with Gasteiger partial charge in [0.1, 0.15) is 5.54 Å². The molecule has 2 fully saturated rings. The number of rotatable bonds is 3. The van der Waals surface area contributed by atoms with Crippen molar-refractivity contribution < 1.29 is 9.59 Å². The Morgan fingerprint density at radius 1 is 1.30 bits per heavy atom. The van der Waals surface area contributed by atoms with Gasteiger partial charge in [-0.05, 0) is 33.6 Å². The molecule has 0 saturated carbocycles. The third-order valence-corrected chi connectivity index (χ3v) is 4.30. The lowest BCUT2D eigenvalue weighted by atomic mass is 9.87. The Labute approximate surface area is 119 Å². The van der Waals surface area contributed by atoms with E-state index in [0.29, 0.717) is 18.9 Å². The Morgan fingerprint density at radius 2 is 1.90 bits per heavy atom. The van der Waals surface area contributed by atoms with Crippen molar-refractivity contribution in [3.8, 4) is 6.07 Å². The number of likely N-dealkylation sites (tertiary alicyclic amines) is 1. The lowest BCUT2D eigenvalue weighted by molar-refractivity contribution is -0.133. The van der Waals surface area contributed by atoms with Crippen molar-refractivity contribution in [3.05, 3.63) is 0 Å². The highest BCUT2D eigenvalue weighted by atomic mass is 16.2. The van der Waals surface area contributed by atoms with Crippen LogP contribution in [0.25, 0.3) is 0 Å². The number of urea groups is 1. The molecule has 0 aromatic rings. The number of imide groups is 1. The third-order valence-electron chi connectivity index (χ3n) is 4.30. The molecule has 0 aromatic heterocycles. The van der Waals surface area contributed by atoms with Gasteiger partial charge in [-0.15, -0.1) is 0 Å². The average Bonchev–Trinajstić information content (AvgIpc) is 2.64. The van der Waals surface area contributed by atoms with Crippen molar-refractivity contribution in [2.45, 2.75) is 45.2 Å². The zero-order valence-corrected chi connectivity index (χ0v) is 12.3. The van der Waals surface area contributed by atoms with Crippen molar-refractivity contribution in [1.29, 1.82) is 5.26 Å². The fraction of sp³-hybridized carbons (Fsp3) is 0.786. The van der Waals surface area contributed by atoms with Crippen LogP contribution >= 0.6 is 0 Å². The molecule has 20 heavy (non-hydrogen) atoms. The van der Waals surface area contributed by atoms with Crippen LogP contribution in [-0.4, -0.2) is 53.0 Å². The highest BCUT2D eigenvalue weighted by Gasteiger charge is 2.52. The van der Waals surface area contributed by atoms with Gasteiger partial charge in [0.05, 0.1) is 12.0 Å². The number of nitrogens with zero attached hydrogens (tertiary/aromatic N) is 3. The van der Waals surface area contributed by atoms with Crippen LogP contribution in [0.1, 0.15) is 33.6 Å². The number of hydrogen-bond acceptors (Lipinski definition) is 4. The molecule has 0 aliphatic carbocycles. The lowest BCUT2D eigenvalue weighted by Crippen LogP contribution is -2.56. The van der Waals surface area contributed by atoms with Crippen molar-refractivity contribution in [1.82, 2.24) is 15.1 Å². The maximum Gasteiger partial charge on any atom is 0.325 e. The van der Waals surface area contributed by atoms with E-state index in [0.717, 1.165) is 13.1 Å². The molecule has 1 spiro atoms. The molecule has 1 unspecified atom stereocenters. The van der Waals surface area contributed by atoms with E-state index in [-0.39, 0.29) is 24.4 Å². The summed E-state index contributed by atoms with van der Waals surface area (Å²) in [5.74, 6) is -0.497. The third kappa shape index (κ3) is 2.50. The van der Waals surface area contributed by atoms with Gasteiger partial charge in [-0.25, -0.2) is 4.79 Å². The molecule has 2 aliphatic heterocycles. The number of nitriles is 1. The molecular formula is C14H22N4O2. The molecule has 110 valence electrons. The Bertz CT molecular complexity index is 447. The normalized spacial score (nSPS) is 24.1. The maximum absolute atomic E-state index is 12.5. The van der Waals surface area contributed by atoms with E-state index in [1.165, 1.54) is 4.90 Å². The first kappa shape index (κ1) is 14.8. The van der Waals surface area contributed by atoms with Crippen LogP contribution in [0.2, 0.25) is 0 Å². The van der Waals surface area contributed by atoms with E-state index in [4.69, 9.17) is 5.26 Å². The van der Waals surface area contributed by atoms with E-state index >= 15 is 0 Å². The first-order valence-corrected chi connectivity index (χ1v) is 7.17. The first-order chi connectivity index (χ1) is 9.39. The van der Waals surface area contributed by atoms with Crippen LogP contribution in [0.5, 0.6) is 0 Å². The van der Waals surface area contributed by atoms with Crippen LogP contribution in [0, 0.1) is 17.2 Å². The van der Waals surface area contributed by atoms with E-state index < -0.39 is 5.54 Å². The van der Waals surface area contributed by atoms with Gasteiger partial charge in [0.15, 0.2) is 0 Å². The number of carbonyl (C=O) groups is 2. The Morgan fingerprint density at radius 3 is 2.40 bits per heavy atom. The van der Waals surface area contributed by atoms with Gasteiger partial charge in [-0.2, -0.15) is 5.26 Å². The standard InChI is InChI=1S/C14H22N4O2/c1-10(2)17-6-4-14(5-7-17)12(19)18(13(20)16-14)9-11(3)8-15/h10-11H,4-7,9H2,1-3H3,(H,16,20). The summed E-state index contributed by atoms with van der Waals surface area (Å²) in [5, 5.41) is 11.7. The summed E-state index contributed by atoms with van der Waals surface area (Å²) in [6, 6.07) is 2.17. The van der Waals surface area contributed by atoms with E-state index in [9.17, 15) is 9.59 Å². The molecular weight excluding hydrogens is 256 g/mol. The second kappa shape index (κ2) is 5.41. The quantitative estimate of drug-likeness (QED) is 0.780. The van der Waals surface area contributed by atoms with Crippen molar-refractivity contribution in [2.75, 3.05) is 19.6 Å². The molecule has 2 saturated heterocycles. The van der Waals surface area contributed by atoms with Crippen LogP contribution in [0.15, 0.2) is 0 Å². The molecule has 0 radical (unpaired) electrons. The van der Waals surface area contributed by atoms with Crippen LogP contribution in [0.3, 0.4) is 0 Å². The summed E-state index contributed by atoms with van der Waals surface area (Å²) in [6.07, 6.45) is 1.29. The summed E-state index contributed by atoms with van der Waals surface area (Å²) in [6.45, 7) is 7.78. The van der Waals surface area contributed by atoms with Crippen molar-refractivity contribution >= 4 is 11.9 Å². The zero-order chi connectivity index (χ0) is 14.9. The topological polar surface area (TPSA) is 76.4 Å². The van der Waals surface area contributed by atoms with E-state index in [1.807, 2.05) is 0 Å². The van der Waals surface area contributed by atoms with Gasteiger partial charge < -0.3 is 10.2 Å². The molecule has 6 nitrogen and oxygen atoms in total. The van der Waals surface area contributed by atoms with Crippen LogP contribution in [-0.2, 0) is 4.79 Å². The fourth-order valence-electron chi connectivity index (χ4n) is 2.92. The molecule has 6 heteroatoms. The molecule has 0 aromatic carbocycles. The number of hydrogen-bond donors (Lipinski definition) is 1. The van der Waals surface area contributed by atoms with Crippen LogP contribution < -0.4 is 5.32 Å². The molecule has 0 bridgehead atoms. The SMILES string of the molecule is CC(C#N)CN1C(=O)NC2(CCN(C(C)C)CC2)C1=O. The van der Waals surface area contributed by atoms with E-state index in [2.05, 4.69) is 30.1 Å². The van der Waals surface area contributed by atoms with Gasteiger partial charge in [-0.3, -0.25) is 9.69 Å². The summed E-state index contributed by atoms with van der Waals surface area (Å²) in [4.78, 5) is 28.0. The minimum Gasteiger partial charge on any atom is -0.323 e. The molecule has 2 heterocycles. The van der Waals surface area contributed by atoms with Gasteiger partial charge in [-0.1, -0.05) is 0 Å². The molecule has 3 amide bonds. The molecule has 1 atom stereocenters. The Hall–Kier alpha value is -1.61. The van der Waals surface area contributed by atoms with Crippen molar-refractivity contribution in [3.63, 3.8) is 0 Å². The van der Waals surface area contributed by atoms with Gasteiger partial charge in [0.25, 0.3) is 5.91 Å². The highest BCUT2D eigenvalue weighted by Crippen LogP contribution is 2.30. The summed E-state index contributed by atoms with van der Waals surface area (Å²) < 4.78 is 0. The minimum absolute atomic E-state index is 0.159. The number of piperidine rings is 1. The predicted molar refractivity (Wildman–Crippen MR) is 73.7 cm³/mol. The zero-order valence-electron chi connectivity index (χ0n) is 12.3. The maximum atomic E-state index is 12.5. The lowest BCUT2D eigenvalue weighted by Gasteiger charge is -2.39. The molecule has 1 N–H and O–H groups in total. The average molecular weight is 278 g/mol. The van der Waals surface area contributed by atoms with Gasteiger partial charge in [0.2, 0.25) is 0 Å². The fourth-order valence-corrected chi connectivity index (χ4v) is 2.92. The molecule has 2 aliphatic rings. The summed E-state index contributed by atoms with van der Waals surface area (Å²) in [7, 11) is 0. The summed E-state index contributed by atoms with van der Waals surface area (Å²) in [5.41, 5.74) is -0.738. The smallest absolute Gasteiger partial charge is 0.323 e. The largest absolute Gasteiger partial charge is 0.325 e. The second-order valence-corrected chi connectivity index (χ2v) is 6.09. The Balaban J connectivity index is 2.07. The van der Waals surface area contributed by atoms with Gasteiger partial charge in [0, 0.05) is 25.7 Å². The monoisotopic (exact) mass is 278 g/mol. The minimum atomic E-state index is -0.738.